The van der Waals surface area contributed by atoms with Gasteiger partial charge < -0.3 is 19.7 Å². The molecule has 2 aromatic rings. The summed E-state index contributed by atoms with van der Waals surface area (Å²) in [5.74, 6) is 2.20. The van der Waals surface area contributed by atoms with Crippen LogP contribution in [0.4, 0.5) is 11.8 Å². The second kappa shape index (κ2) is 8.83. The minimum absolute atomic E-state index is 0.140. The summed E-state index contributed by atoms with van der Waals surface area (Å²) < 4.78 is 38.2. The van der Waals surface area contributed by atoms with E-state index in [1.165, 1.54) is 24.6 Å². The Balaban J connectivity index is 1.77. The van der Waals surface area contributed by atoms with E-state index in [-0.39, 0.29) is 10.6 Å². The maximum absolute atomic E-state index is 13.2. The molecule has 0 spiro atoms. The third kappa shape index (κ3) is 4.54. The third-order valence-corrected chi connectivity index (χ3v) is 6.66. The van der Waals surface area contributed by atoms with Gasteiger partial charge in [-0.15, -0.1) is 0 Å². The van der Waals surface area contributed by atoms with Gasteiger partial charge >= 0.3 is 0 Å². The predicted molar refractivity (Wildman–Crippen MR) is 111 cm³/mol. The molecule has 0 radical (unpaired) electrons. The van der Waals surface area contributed by atoms with E-state index in [4.69, 9.17) is 9.47 Å². The van der Waals surface area contributed by atoms with Gasteiger partial charge in [0, 0.05) is 50.6 Å². The van der Waals surface area contributed by atoms with Crippen LogP contribution in [-0.2, 0) is 10.0 Å². The first-order valence-electron chi connectivity index (χ1n) is 9.45. The average molecular weight is 422 g/mol. The molecule has 1 N–H and O–H groups in total. The maximum atomic E-state index is 13.2. The number of anilines is 2. The normalized spacial score (nSPS) is 15.2. The monoisotopic (exact) mass is 421 g/mol. The number of methoxy groups -OCH3 is 2. The number of hydrogen-bond acceptors (Lipinski definition) is 8. The molecular weight excluding hydrogens is 394 g/mol. The van der Waals surface area contributed by atoms with Crippen LogP contribution < -0.4 is 19.7 Å². The molecule has 0 saturated carbocycles. The Bertz CT molecular complexity index is 959. The van der Waals surface area contributed by atoms with Crippen LogP contribution in [0.2, 0.25) is 0 Å². The molecule has 1 aliphatic heterocycles. The van der Waals surface area contributed by atoms with E-state index in [9.17, 15) is 8.42 Å². The van der Waals surface area contributed by atoms with Gasteiger partial charge in [0.25, 0.3) is 0 Å². The Morgan fingerprint density at radius 1 is 1.07 bits per heavy atom. The Kier molecular flexibility index (Phi) is 6.43. The summed E-state index contributed by atoms with van der Waals surface area (Å²) in [6, 6.07) is 6.64. The third-order valence-electron chi connectivity index (χ3n) is 4.73. The summed E-state index contributed by atoms with van der Waals surface area (Å²) in [6.45, 7) is 6.44. The minimum Gasteiger partial charge on any atom is -0.497 e. The Morgan fingerprint density at radius 3 is 2.41 bits per heavy atom. The summed E-state index contributed by atoms with van der Waals surface area (Å²) in [7, 11) is -0.704. The van der Waals surface area contributed by atoms with E-state index in [0.29, 0.717) is 37.9 Å². The second-order valence-electron chi connectivity index (χ2n) is 6.63. The molecule has 29 heavy (non-hydrogen) atoms. The molecule has 3 rings (SSSR count). The summed E-state index contributed by atoms with van der Waals surface area (Å²) in [5, 5.41) is 3.13. The van der Waals surface area contributed by atoms with Crippen LogP contribution in [0.15, 0.2) is 29.2 Å². The lowest BCUT2D eigenvalue weighted by Crippen LogP contribution is -2.49. The van der Waals surface area contributed by atoms with Crippen molar-refractivity contribution in [2.45, 2.75) is 18.7 Å². The molecule has 0 atom stereocenters. The van der Waals surface area contributed by atoms with E-state index in [2.05, 4.69) is 20.2 Å². The topological polar surface area (TPSA) is 96.9 Å². The van der Waals surface area contributed by atoms with Gasteiger partial charge in [0.15, 0.2) is 0 Å². The fraction of sp³-hybridized carbons (Fsp3) is 0.474. The van der Waals surface area contributed by atoms with Crippen molar-refractivity contribution in [2.24, 2.45) is 0 Å². The van der Waals surface area contributed by atoms with Crippen molar-refractivity contribution in [3.63, 3.8) is 0 Å². The lowest BCUT2D eigenvalue weighted by molar-refractivity contribution is 0.369. The average Bonchev–Trinajstić information content (AvgIpc) is 2.73. The molecular formula is C19H27N5O4S. The van der Waals surface area contributed by atoms with Crippen molar-refractivity contribution >= 4 is 21.8 Å². The summed E-state index contributed by atoms with van der Waals surface area (Å²) in [6.07, 6.45) is 0. The van der Waals surface area contributed by atoms with Crippen molar-refractivity contribution in [1.29, 1.82) is 0 Å². The van der Waals surface area contributed by atoms with Gasteiger partial charge in [-0.05, 0) is 26.0 Å². The van der Waals surface area contributed by atoms with E-state index >= 15 is 0 Å². The molecule has 2 heterocycles. The molecule has 0 unspecified atom stereocenters. The maximum Gasteiger partial charge on any atom is 0.246 e. The highest BCUT2D eigenvalue weighted by Gasteiger charge is 2.31. The fourth-order valence-corrected chi connectivity index (χ4v) is 4.79. The first kappa shape index (κ1) is 21.1. The number of aryl methyl sites for hydroxylation is 1. The molecule has 1 aromatic heterocycles. The van der Waals surface area contributed by atoms with Gasteiger partial charge in [-0.3, -0.25) is 0 Å². The number of benzene rings is 1. The number of nitrogens with zero attached hydrogens (tertiary/aromatic N) is 4. The molecule has 1 fully saturated rings. The van der Waals surface area contributed by atoms with Crippen LogP contribution in [0.3, 0.4) is 0 Å². The Morgan fingerprint density at radius 2 is 1.79 bits per heavy atom. The molecule has 1 aliphatic rings. The Hall–Kier alpha value is -2.59. The standard InChI is InChI=1S/C19H27N5O4S/c1-5-20-19-21-14(2)12-18(22-19)23-8-10-24(11-9-23)29(25,26)17-7-6-15(27-3)13-16(17)28-4/h6-7,12-13H,5,8-11H2,1-4H3,(H,20,21,22). The van der Waals surface area contributed by atoms with Crippen LogP contribution >= 0.6 is 0 Å². The largest absolute Gasteiger partial charge is 0.497 e. The molecule has 10 heteroatoms. The number of sulfonamides is 1. The smallest absolute Gasteiger partial charge is 0.246 e. The zero-order chi connectivity index (χ0) is 21.0. The molecule has 1 saturated heterocycles. The van der Waals surface area contributed by atoms with Crippen LogP contribution in [-0.4, -0.2) is 69.6 Å². The molecule has 0 aliphatic carbocycles. The SMILES string of the molecule is CCNc1nc(C)cc(N2CCN(S(=O)(=O)c3ccc(OC)cc3OC)CC2)n1. The highest BCUT2D eigenvalue weighted by atomic mass is 32.2. The quantitative estimate of drug-likeness (QED) is 0.722. The van der Waals surface area contributed by atoms with Gasteiger partial charge in [0.1, 0.15) is 22.2 Å². The number of piperazine rings is 1. The van der Waals surface area contributed by atoms with Gasteiger partial charge in [-0.2, -0.15) is 9.29 Å². The molecule has 0 amide bonds. The van der Waals surface area contributed by atoms with Gasteiger partial charge in [-0.1, -0.05) is 0 Å². The summed E-state index contributed by atoms with van der Waals surface area (Å²) >= 11 is 0. The van der Waals surface area contributed by atoms with Crippen molar-refractivity contribution in [1.82, 2.24) is 14.3 Å². The van der Waals surface area contributed by atoms with Gasteiger partial charge in [0.2, 0.25) is 16.0 Å². The van der Waals surface area contributed by atoms with E-state index in [1.54, 1.807) is 12.1 Å². The van der Waals surface area contributed by atoms with Crippen LogP contribution in [0.5, 0.6) is 11.5 Å². The highest BCUT2D eigenvalue weighted by Crippen LogP contribution is 2.31. The predicted octanol–water partition coefficient (Wildman–Crippen LogP) is 1.74. The molecule has 9 nitrogen and oxygen atoms in total. The fourth-order valence-electron chi connectivity index (χ4n) is 3.24. The number of ether oxygens (including phenoxy) is 2. The number of aromatic nitrogens is 2. The van der Waals surface area contributed by atoms with E-state index < -0.39 is 10.0 Å². The molecule has 0 bridgehead atoms. The van der Waals surface area contributed by atoms with Crippen molar-refractivity contribution < 1.29 is 17.9 Å². The van der Waals surface area contributed by atoms with Gasteiger partial charge in [-0.25, -0.2) is 13.4 Å². The first-order chi connectivity index (χ1) is 13.9. The van der Waals surface area contributed by atoms with Crippen LogP contribution in [0.1, 0.15) is 12.6 Å². The Labute approximate surface area is 171 Å². The van der Waals surface area contributed by atoms with Crippen molar-refractivity contribution in [2.75, 3.05) is 57.2 Å². The second-order valence-corrected chi connectivity index (χ2v) is 8.54. The lowest BCUT2D eigenvalue weighted by atomic mass is 10.3. The lowest BCUT2D eigenvalue weighted by Gasteiger charge is -2.35. The van der Waals surface area contributed by atoms with E-state index in [0.717, 1.165) is 18.1 Å². The number of hydrogen-bond donors (Lipinski definition) is 1. The summed E-state index contributed by atoms with van der Waals surface area (Å²) in [4.78, 5) is 11.1. The molecule has 1 aromatic carbocycles. The molecule has 158 valence electrons. The zero-order valence-corrected chi connectivity index (χ0v) is 18.0. The number of rotatable bonds is 7. The van der Waals surface area contributed by atoms with Crippen molar-refractivity contribution in [3.05, 3.63) is 30.0 Å². The first-order valence-corrected chi connectivity index (χ1v) is 10.9. The van der Waals surface area contributed by atoms with Crippen LogP contribution in [0, 0.1) is 6.92 Å². The number of nitrogens with one attached hydrogen (secondary N) is 1. The van der Waals surface area contributed by atoms with Crippen molar-refractivity contribution in [3.8, 4) is 11.5 Å². The summed E-state index contributed by atoms with van der Waals surface area (Å²) in [5.41, 5.74) is 0.865. The van der Waals surface area contributed by atoms with E-state index in [1.807, 2.05) is 19.9 Å². The van der Waals surface area contributed by atoms with Crippen LogP contribution in [0.25, 0.3) is 0 Å². The minimum atomic E-state index is -3.68. The highest BCUT2D eigenvalue weighted by molar-refractivity contribution is 7.89. The zero-order valence-electron chi connectivity index (χ0n) is 17.2. The van der Waals surface area contributed by atoms with Gasteiger partial charge in [0.05, 0.1) is 14.2 Å².